The van der Waals surface area contributed by atoms with Gasteiger partial charge in [-0.15, -0.1) is 0 Å². The molecular formula is C13H18N2O4. The molecule has 0 aliphatic rings. The molecule has 104 valence electrons. The van der Waals surface area contributed by atoms with Crippen LogP contribution in [0.5, 0.6) is 0 Å². The molecule has 0 amide bonds. The van der Waals surface area contributed by atoms with Crippen LogP contribution in [0.1, 0.15) is 19.4 Å². The Kier molecular flexibility index (Phi) is 5.29. The lowest BCUT2D eigenvalue weighted by molar-refractivity contribution is -0.384. The first-order valence-corrected chi connectivity index (χ1v) is 6.15. The standard InChI is InChI=1S/C13H18N2O4/c1-4-14(9-12(16)19-5-2)11-8-6-7-10(3)13(11)15(17)18/h6-8H,4-5,9H2,1-3H3. The maximum Gasteiger partial charge on any atom is 0.325 e. The third-order valence-corrected chi connectivity index (χ3v) is 2.75. The predicted octanol–water partition coefficient (Wildman–Crippen LogP) is 2.29. The molecule has 0 saturated carbocycles. The number of hydrogen-bond donors (Lipinski definition) is 0. The molecule has 1 aromatic rings. The van der Waals surface area contributed by atoms with Gasteiger partial charge in [0.05, 0.1) is 11.5 Å². The van der Waals surface area contributed by atoms with Crippen molar-refractivity contribution in [2.24, 2.45) is 0 Å². The van der Waals surface area contributed by atoms with Crippen molar-refractivity contribution in [2.45, 2.75) is 20.8 Å². The van der Waals surface area contributed by atoms with Gasteiger partial charge in [-0.05, 0) is 26.8 Å². The van der Waals surface area contributed by atoms with Crippen molar-refractivity contribution in [2.75, 3.05) is 24.6 Å². The van der Waals surface area contributed by atoms with Gasteiger partial charge in [-0.3, -0.25) is 14.9 Å². The third-order valence-electron chi connectivity index (χ3n) is 2.75. The summed E-state index contributed by atoms with van der Waals surface area (Å²) in [4.78, 5) is 23.9. The normalized spacial score (nSPS) is 10.1. The molecule has 0 aromatic heterocycles. The fourth-order valence-corrected chi connectivity index (χ4v) is 1.87. The number of para-hydroxylation sites is 1. The summed E-state index contributed by atoms with van der Waals surface area (Å²) in [5.74, 6) is -0.389. The van der Waals surface area contributed by atoms with Crippen LogP contribution in [0.2, 0.25) is 0 Å². The molecule has 0 aliphatic carbocycles. The number of aryl methyl sites for hydroxylation is 1. The second kappa shape index (κ2) is 6.72. The second-order valence-corrected chi connectivity index (χ2v) is 4.02. The number of nitro benzene ring substituents is 1. The molecule has 6 nitrogen and oxygen atoms in total. The summed E-state index contributed by atoms with van der Waals surface area (Å²) in [6.07, 6.45) is 0. The zero-order valence-corrected chi connectivity index (χ0v) is 11.4. The SMILES string of the molecule is CCOC(=O)CN(CC)c1cccc(C)c1[N+](=O)[O-]. The maximum absolute atomic E-state index is 11.5. The smallest absolute Gasteiger partial charge is 0.325 e. The fraction of sp³-hybridized carbons (Fsp3) is 0.462. The van der Waals surface area contributed by atoms with Crippen LogP contribution in [0.3, 0.4) is 0 Å². The number of rotatable bonds is 6. The van der Waals surface area contributed by atoms with Gasteiger partial charge in [0.1, 0.15) is 12.2 Å². The number of carbonyl (C=O) groups excluding carboxylic acids is 1. The van der Waals surface area contributed by atoms with Gasteiger partial charge in [-0.25, -0.2) is 0 Å². The van der Waals surface area contributed by atoms with Crippen molar-refractivity contribution in [3.8, 4) is 0 Å². The Labute approximate surface area is 112 Å². The summed E-state index contributed by atoms with van der Waals surface area (Å²) >= 11 is 0. The van der Waals surface area contributed by atoms with E-state index in [1.54, 1.807) is 36.9 Å². The minimum Gasteiger partial charge on any atom is -0.465 e. The monoisotopic (exact) mass is 266 g/mol. The third kappa shape index (κ3) is 3.67. The van der Waals surface area contributed by atoms with Crippen LogP contribution < -0.4 is 4.90 Å². The van der Waals surface area contributed by atoms with Crippen LogP contribution in [0.4, 0.5) is 11.4 Å². The number of carbonyl (C=O) groups is 1. The summed E-state index contributed by atoms with van der Waals surface area (Å²) in [5.41, 5.74) is 1.05. The van der Waals surface area contributed by atoms with E-state index in [1.165, 1.54) is 0 Å². The second-order valence-electron chi connectivity index (χ2n) is 4.02. The van der Waals surface area contributed by atoms with Gasteiger partial charge in [-0.2, -0.15) is 0 Å². The zero-order valence-electron chi connectivity index (χ0n) is 11.4. The van der Waals surface area contributed by atoms with Crippen LogP contribution >= 0.6 is 0 Å². The number of esters is 1. The van der Waals surface area contributed by atoms with E-state index in [1.807, 2.05) is 6.92 Å². The lowest BCUT2D eigenvalue weighted by Gasteiger charge is -2.22. The molecule has 0 atom stereocenters. The summed E-state index contributed by atoms with van der Waals surface area (Å²) in [7, 11) is 0. The topological polar surface area (TPSA) is 72.7 Å². The van der Waals surface area contributed by atoms with E-state index >= 15 is 0 Å². The van der Waals surface area contributed by atoms with Gasteiger partial charge in [0.15, 0.2) is 0 Å². The maximum atomic E-state index is 11.5. The van der Waals surface area contributed by atoms with Crippen LogP contribution in [-0.2, 0) is 9.53 Å². The average molecular weight is 266 g/mol. The van der Waals surface area contributed by atoms with Crippen molar-refractivity contribution >= 4 is 17.3 Å². The highest BCUT2D eigenvalue weighted by Crippen LogP contribution is 2.31. The van der Waals surface area contributed by atoms with Crippen molar-refractivity contribution in [3.63, 3.8) is 0 Å². The Morgan fingerprint density at radius 2 is 2.11 bits per heavy atom. The summed E-state index contributed by atoms with van der Waals surface area (Å²) in [6.45, 7) is 6.04. The van der Waals surface area contributed by atoms with Crippen molar-refractivity contribution < 1.29 is 14.5 Å². The Morgan fingerprint density at radius 1 is 1.42 bits per heavy atom. The van der Waals surface area contributed by atoms with Crippen molar-refractivity contribution in [1.82, 2.24) is 0 Å². The number of likely N-dealkylation sites (N-methyl/N-ethyl adjacent to an activating group) is 1. The molecule has 1 rings (SSSR count). The first-order valence-electron chi connectivity index (χ1n) is 6.15. The van der Waals surface area contributed by atoms with E-state index in [4.69, 9.17) is 4.74 Å². The highest BCUT2D eigenvalue weighted by Gasteiger charge is 2.22. The first kappa shape index (κ1) is 14.9. The van der Waals surface area contributed by atoms with E-state index in [2.05, 4.69) is 0 Å². The molecule has 0 heterocycles. The lowest BCUT2D eigenvalue weighted by atomic mass is 10.1. The lowest BCUT2D eigenvalue weighted by Crippen LogP contribution is -2.31. The number of benzene rings is 1. The van der Waals surface area contributed by atoms with E-state index < -0.39 is 4.92 Å². The highest BCUT2D eigenvalue weighted by molar-refractivity contribution is 5.78. The quantitative estimate of drug-likeness (QED) is 0.448. The number of ether oxygens (including phenoxy) is 1. The van der Waals surface area contributed by atoms with Crippen molar-refractivity contribution in [1.29, 1.82) is 0 Å². The molecule has 1 aromatic carbocycles. The predicted molar refractivity (Wildman–Crippen MR) is 72.4 cm³/mol. The van der Waals surface area contributed by atoms with Gasteiger partial charge in [0.2, 0.25) is 0 Å². The molecule has 0 N–H and O–H groups in total. The Balaban J connectivity index is 3.08. The molecule has 0 spiro atoms. The largest absolute Gasteiger partial charge is 0.465 e. The number of anilines is 1. The summed E-state index contributed by atoms with van der Waals surface area (Å²) < 4.78 is 4.88. The number of nitrogens with zero attached hydrogens (tertiary/aromatic N) is 2. The molecule has 0 radical (unpaired) electrons. The molecular weight excluding hydrogens is 248 g/mol. The Morgan fingerprint density at radius 3 is 2.63 bits per heavy atom. The van der Waals surface area contributed by atoms with E-state index in [0.717, 1.165) is 0 Å². The van der Waals surface area contributed by atoms with E-state index in [0.29, 0.717) is 24.4 Å². The number of hydrogen-bond acceptors (Lipinski definition) is 5. The molecule has 6 heteroatoms. The van der Waals surface area contributed by atoms with Gasteiger partial charge in [-0.1, -0.05) is 12.1 Å². The van der Waals surface area contributed by atoms with Crippen LogP contribution in [0.15, 0.2) is 18.2 Å². The van der Waals surface area contributed by atoms with Gasteiger partial charge in [0.25, 0.3) is 5.69 Å². The summed E-state index contributed by atoms with van der Waals surface area (Å²) in [5, 5.41) is 11.1. The van der Waals surface area contributed by atoms with E-state index in [-0.39, 0.29) is 18.2 Å². The highest BCUT2D eigenvalue weighted by atomic mass is 16.6. The van der Waals surface area contributed by atoms with Gasteiger partial charge < -0.3 is 9.64 Å². The first-order chi connectivity index (χ1) is 9.01. The molecule has 0 unspecified atom stereocenters. The molecule has 0 aliphatic heterocycles. The van der Waals surface area contributed by atoms with Crippen LogP contribution in [-0.4, -0.2) is 30.6 Å². The minimum atomic E-state index is -0.418. The Hall–Kier alpha value is -2.11. The van der Waals surface area contributed by atoms with Gasteiger partial charge in [0, 0.05) is 12.1 Å². The van der Waals surface area contributed by atoms with Gasteiger partial charge >= 0.3 is 5.97 Å². The molecule has 0 saturated heterocycles. The van der Waals surface area contributed by atoms with Crippen LogP contribution in [0.25, 0.3) is 0 Å². The molecule has 0 fully saturated rings. The summed E-state index contributed by atoms with van der Waals surface area (Å²) in [6, 6.07) is 5.07. The molecule has 19 heavy (non-hydrogen) atoms. The average Bonchev–Trinajstić information content (AvgIpc) is 2.35. The Bertz CT molecular complexity index is 474. The van der Waals surface area contributed by atoms with Crippen LogP contribution in [0, 0.1) is 17.0 Å². The zero-order chi connectivity index (χ0) is 14.4. The van der Waals surface area contributed by atoms with Crippen molar-refractivity contribution in [3.05, 3.63) is 33.9 Å². The fourth-order valence-electron chi connectivity index (χ4n) is 1.87. The molecule has 0 bridgehead atoms. The van der Waals surface area contributed by atoms with E-state index in [9.17, 15) is 14.9 Å². The minimum absolute atomic E-state index is 0.00856. The number of nitro groups is 1.